The fourth-order valence-electron chi connectivity index (χ4n) is 2.52. The van der Waals surface area contributed by atoms with E-state index in [2.05, 4.69) is 0 Å². The van der Waals surface area contributed by atoms with Gasteiger partial charge in [0.05, 0.1) is 12.0 Å². The average molecular weight is 347 g/mol. The number of ether oxygens (including phenoxy) is 1. The number of esters is 1. The molecule has 1 aliphatic heterocycles. The minimum atomic E-state index is -0.494. The lowest BCUT2D eigenvalue weighted by atomic mass is 10.2. The molecule has 2 rings (SSSR count). The largest absolute Gasteiger partial charge is 0.464 e. The van der Waals surface area contributed by atoms with Gasteiger partial charge in [0.2, 0.25) is 5.91 Å². The Labute approximate surface area is 148 Å². The van der Waals surface area contributed by atoms with Gasteiger partial charge < -0.3 is 9.64 Å². The van der Waals surface area contributed by atoms with Crippen LogP contribution in [0.2, 0.25) is 0 Å². The zero-order valence-corrected chi connectivity index (χ0v) is 15.3. The van der Waals surface area contributed by atoms with E-state index in [1.807, 2.05) is 51.1 Å². The maximum Gasteiger partial charge on any atom is 0.329 e. The van der Waals surface area contributed by atoms with Crippen LogP contribution in [0.3, 0.4) is 0 Å². The molecule has 0 saturated carbocycles. The molecule has 130 valence electrons. The standard InChI is InChI=1S/C19H25NO3S/c1-4-18-20(16(13-24-18)19(22)23-12-14(2)3)17(21)11-10-15-8-6-5-7-9-15/h5-11,14,16,18H,4,12-13H2,1-3H3/b11-10+. The van der Waals surface area contributed by atoms with E-state index in [1.54, 1.807) is 28.8 Å². The van der Waals surface area contributed by atoms with Gasteiger partial charge in [0.15, 0.2) is 0 Å². The van der Waals surface area contributed by atoms with Gasteiger partial charge in [0.25, 0.3) is 0 Å². The summed E-state index contributed by atoms with van der Waals surface area (Å²) >= 11 is 1.64. The summed E-state index contributed by atoms with van der Waals surface area (Å²) in [6.45, 7) is 6.41. The van der Waals surface area contributed by atoms with E-state index < -0.39 is 6.04 Å². The van der Waals surface area contributed by atoms with Crippen LogP contribution in [0.5, 0.6) is 0 Å². The van der Waals surface area contributed by atoms with E-state index in [-0.39, 0.29) is 23.2 Å². The Hall–Kier alpha value is -1.75. The number of nitrogens with zero attached hydrogens (tertiary/aromatic N) is 1. The van der Waals surface area contributed by atoms with E-state index in [0.717, 1.165) is 12.0 Å². The quantitative estimate of drug-likeness (QED) is 0.583. The lowest BCUT2D eigenvalue weighted by Gasteiger charge is -2.26. The highest BCUT2D eigenvalue weighted by atomic mass is 32.2. The minimum Gasteiger partial charge on any atom is -0.464 e. The first-order chi connectivity index (χ1) is 11.5. The number of amides is 1. The molecule has 1 fully saturated rings. The monoisotopic (exact) mass is 347 g/mol. The summed E-state index contributed by atoms with van der Waals surface area (Å²) in [4.78, 5) is 26.7. The van der Waals surface area contributed by atoms with Crippen LogP contribution in [0.4, 0.5) is 0 Å². The van der Waals surface area contributed by atoms with Crippen LogP contribution in [0.15, 0.2) is 36.4 Å². The summed E-state index contributed by atoms with van der Waals surface area (Å²) in [5.74, 6) is 0.447. The van der Waals surface area contributed by atoms with E-state index in [4.69, 9.17) is 4.74 Å². The third-order valence-electron chi connectivity index (χ3n) is 3.75. The van der Waals surface area contributed by atoms with Gasteiger partial charge in [-0.1, -0.05) is 51.1 Å². The summed E-state index contributed by atoms with van der Waals surface area (Å²) < 4.78 is 5.35. The van der Waals surface area contributed by atoms with Crippen molar-refractivity contribution in [2.45, 2.75) is 38.6 Å². The molecule has 1 aromatic carbocycles. The highest BCUT2D eigenvalue weighted by Gasteiger charge is 2.40. The summed E-state index contributed by atoms with van der Waals surface area (Å²) in [7, 11) is 0. The number of carbonyl (C=O) groups is 2. The Morgan fingerprint density at radius 2 is 2.04 bits per heavy atom. The van der Waals surface area contributed by atoms with Crippen LogP contribution in [-0.4, -0.2) is 40.6 Å². The van der Waals surface area contributed by atoms with Crippen molar-refractivity contribution in [1.82, 2.24) is 4.90 Å². The number of carbonyl (C=O) groups excluding carboxylic acids is 2. The van der Waals surface area contributed by atoms with Gasteiger partial charge >= 0.3 is 5.97 Å². The van der Waals surface area contributed by atoms with Crippen molar-refractivity contribution in [2.24, 2.45) is 5.92 Å². The summed E-state index contributed by atoms with van der Waals surface area (Å²) in [5, 5.41) is 0.0227. The fraction of sp³-hybridized carbons (Fsp3) is 0.474. The summed E-state index contributed by atoms with van der Waals surface area (Å²) in [6, 6.07) is 9.17. The molecule has 1 heterocycles. The number of thioether (sulfide) groups is 1. The molecule has 0 radical (unpaired) electrons. The molecule has 2 unspecified atom stereocenters. The molecule has 0 aromatic heterocycles. The van der Waals surface area contributed by atoms with Crippen LogP contribution in [0.25, 0.3) is 6.08 Å². The molecule has 2 atom stereocenters. The second kappa shape index (κ2) is 8.92. The van der Waals surface area contributed by atoms with Gasteiger partial charge in [-0.2, -0.15) is 0 Å². The molecular formula is C19H25NO3S. The molecule has 1 aromatic rings. The van der Waals surface area contributed by atoms with Gasteiger partial charge in [-0.05, 0) is 24.0 Å². The summed E-state index contributed by atoms with van der Waals surface area (Å²) in [5.41, 5.74) is 0.963. The van der Waals surface area contributed by atoms with Crippen molar-refractivity contribution in [3.8, 4) is 0 Å². The summed E-state index contributed by atoms with van der Waals surface area (Å²) in [6.07, 6.45) is 4.14. The van der Waals surface area contributed by atoms with Gasteiger partial charge in [-0.15, -0.1) is 11.8 Å². The van der Waals surface area contributed by atoms with Crippen molar-refractivity contribution >= 4 is 29.7 Å². The molecule has 1 aliphatic rings. The molecular weight excluding hydrogens is 322 g/mol. The molecule has 1 amide bonds. The number of hydrogen-bond donors (Lipinski definition) is 0. The first-order valence-electron chi connectivity index (χ1n) is 8.36. The zero-order valence-electron chi connectivity index (χ0n) is 14.5. The molecule has 0 bridgehead atoms. The van der Waals surface area contributed by atoms with Crippen molar-refractivity contribution in [1.29, 1.82) is 0 Å². The minimum absolute atomic E-state index is 0.0227. The highest BCUT2D eigenvalue weighted by molar-refractivity contribution is 8.00. The van der Waals surface area contributed by atoms with Gasteiger partial charge in [0, 0.05) is 11.8 Å². The Bertz CT molecular complexity index is 586. The molecule has 0 N–H and O–H groups in total. The normalized spacial score (nSPS) is 20.8. The third-order valence-corrected chi connectivity index (χ3v) is 5.20. The van der Waals surface area contributed by atoms with E-state index in [1.165, 1.54) is 0 Å². The van der Waals surface area contributed by atoms with Crippen molar-refractivity contribution < 1.29 is 14.3 Å². The second-order valence-corrected chi connectivity index (χ2v) is 7.44. The van der Waals surface area contributed by atoms with Gasteiger partial charge in [-0.3, -0.25) is 4.79 Å². The Morgan fingerprint density at radius 3 is 2.67 bits per heavy atom. The van der Waals surface area contributed by atoms with E-state index >= 15 is 0 Å². The Morgan fingerprint density at radius 1 is 1.33 bits per heavy atom. The number of rotatable bonds is 6. The Kier molecular flexibility index (Phi) is 6.91. The zero-order chi connectivity index (χ0) is 17.5. The van der Waals surface area contributed by atoms with E-state index in [0.29, 0.717) is 12.4 Å². The van der Waals surface area contributed by atoms with Crippen LogP contribution in [-0.2, 0) is 14.3 Å². The van der Waals surface area contributed by atoms with Crippen molar-refractivity contribution in [2.75, 3.05) is 12.4 Å². The average Bonchev–Trinajstić information content (AvgIpc) is 3.02. The maximum absolute atomic E-state index is 12.7. The van der Waals surface area contributed by atoms with E-state index in [9.17, 15) is 9.59 Å². The third kappa shape index (κ3) is 4.87. The molecule has 1 saturated heterocycles. The topological polar surface area (TPSA) is 46.6 Å². The Balaban J connectivity index is 2.08. The van der Waals surface area contributed by atoms with Crippen LogP contribution in [0.1, 0.15) is 32.8 Å². The van der Waals surface area contributed by atoms with Crippen LogP contribution in [0, 0.1) is 5.92 Å². The number of hydrogen-bond acceptors (Lipinski definition) is 4. The molecule has 4 nitrogen and oxygen atoms in total. The van der Waals surface area contributed by atoms with Crippen molar-refractivity contribution in [3.63, 3.8) is 0 Å². The second-order valence-electron chi connectivity index (χ2n) is 6.23. The maximum atomic E-state index is 12.7. The van der Waals surface area contributed by atoms with Crippen molar-refractivity contribution in [3.05, 3.63) is 42.0 Å². The molecule has 0 spiro atoms. The smallest absolute Gasteiger partial charge is 0.329 e. The predicted octanol–water partition coefficient (Wildman–Crippen LogP) is 3.58. The highest BCUT2D eigenvalue weighted by Crippen LogP contribution is 2.32. The molecule has 0 aliphatic carbocycles. The molecule has 5 heteroatoms. The molecule has 24 heavy (non-hydrogen) atoms. The number of benzene rings is 1. The lowest BCUT2D eigenvalue weighted by molar-refractivity contribution is -0.153. The first-order valence-corrected chi connectivity index (χ1v) is 9.41. The SMILES string of the molecule is CCC1SCC(C(=O)OCC(C)C)N1C(=O)/C=C/c1ccccc1. The van der Waals surface area contributed by atoms with Crippen LogP contribution < -0.4 is 0 Å². The van der Waals surface area contributed by atoms with Gasteiger partial charge in [-0.25, -0.2) is 4.79 Å². The lowest BCUT2D eigenvalue weighted by Crippen LogP contribution is -2.45. The first kappa shape index (κ1) is 18.6. The van der Waals surface area contributed by atoms with Crippen LogP contribution >= 0.6 is 11.8 Å². The fourth-order valence-corrected chi connectivity index (χ4v) is 3.87. The predicted molar refractivity (Wildman–Crippen MR) is 98.4 cm³/mol. The van der Waals surface area contributed by atoms with Gasteiger partial charge in [0.1, 0.15) is 6.04 Å².